The minimum Gasteiger partial charge on any atom is -0.455 e. The normalized spacial score (nSPS) is 11.6. The summed E-state index contributed by atoms with van der Waals surface area (Å²) in [4.78, 5) is 12.0. The molecule has 0 aliphatic carbocycles. The number of aromatic nitrogens is 5. The predicted molar refractivity (Wildman–Crippen MR) is 63.9 cm³/mol. The van der Waals surface area contributed by atoms with E-state index >= 15 is 0 Å². The van der Waals surface area contributed by atoms with Crippen LogP contribution in [0.5, 0.6) is 0 Å². The number of hydrogen-bond acceptors (Lipinski definition) is 5. The number of rotatable bonds is 2. The van der Waals surface area contributed by atoms with Gasteiger partial charge in [0.25, 0.3) is 0 Å². The zero-order valence-corrected chi connectivity index (χ0v) is 10.7. The Morgan fingerprint density at radius 1 is 1.33 bits per heavy atom. The van der Waals surface area contributed by atoms with E-state index < -0.39 is 11.6 Å². The quantitative estimate of drug-likeness (QED) is 0.785. The molecule has 2 N–H and O–H groups in total. The Morgan fingerprint density at radius 3 is 2.61 bits per heavy atom. The fourth-order valence-electron chi connectivity index (χ4n) is 1.46. The molecule has 7 nitrogen and oxygen atoms in total. The number of nitrogens with zero attached hydrogens (tertiary/aromatic N) is 3. The molecule has 96 valence electrons. The van der Waals surface area contributed by atoms with Crippen LogP contribution in [-0.2, 0) is 4.74 Å². The van der Waals surface area contributed by atoms with Crippen LogP contribution in [0.2, 0.25) is 0 Å². The molecule has 18 heavy (non-hydrogen) atoms. The van der Waals surface area contributed by atoms with Gasteiger partial charge in [-0.05, 0) is 33.3 Å². The lowest BCUT2D eigenvalue weighted by atomic mass is 10.1. The molecule has 0 amide bonds. The molecule has 0 unspecified atom stereocenters. The Labute approximate surface area is 104 Å². The number of H-pyrrole nitrogens is 2. The van der Waals surface area contributed by atoms with Crippen LogP contribution in [-0.4, -0.2) is 37.2 Å². The molecule has 0 radical (unpaired) electrons. The number of nitrogens with one attached hydrogen (secondary N) is 2. The van der Waals surface area contributed by atoms with Crippen molar-refractivity contribution in [2.45, 2.75) is 33.3 Å². The smallest absolute Gasteiger partial charge is 0.361 e. The van der Waals surface area contributed by atoms with Crippen LogP contribution in [0.1, 0.15) is 36.8 Å². The Morgan fingerprint density at radius 2 is 2.06 bits per heavy atom. The van der Waals surface area contributed by atoms with Gasteiger partial charge in [0, 0.05) is 0 Å². The van der Waals surface area contributed by atoms with E-state index in [4.69, 9.17) is 4.74 Å². The van der Waals surface area contributed by atoms with Gasteiger partial charge < -0.3 is 4.74 Å². The fraction of sp³-hybridized carbons (Fsp3) is 0.455. The lowest BCUT2D eigenvalue weighted by molar-refractivity contribution is 0.00637. The Hall–Kier alpha value is -2.18. The third kappa shape index (κ3) is 2.39. The van der Waals surface area contributed by atoms with E-state index in [1.54, 1.807) is 27.0 Å². The van der Waals surface area contributed by atoms with E-state index in [-0.39, 0.29) is 5.69 Å². The summed E-state index contributed by atoms with van der Waals surface area (Å²) in [5, 5.41) is 16.9. The van der Waals surface area contributed by atoms with E-state index in [1.807, 2.05) is 6.92 Å². The van der Waals surface area contributed by atoms with Gasteiger partial charge in [0.1, 0.15) is 11.3 Å². The van der Waals surface area contributed by atoms with Crippen LogP contribution in [0.3, 0.4) is 0 Å². The highest BCUT2D eigenvalue weighted by atomic mass is 16.6. The van der Waals surface area contributed by atoms with Crippen molar-refractivity contribution >= 4 is 5.97 Å². The minimum absolute atomic E-state index is 0.150. The van der Waals surface area contributed by atoms with E-state index in [1.165, 1.54) is 0 Å². The topological polar surface area (TPSA) is 96.5 Å². The SMILES string of the molecule is Cc1cn[nH]c1-c1n[nH]nc1C(=O)OC(C)(C)C. The van der Waals surface area contributed by atoms with Crippen molar-refractivity contribution < 1.29 is 9.53 Å². The second kappa shape index (κ2) is 4.25. The molecular weight excluding hydrogens is 234 g/mol. The summed E-state index contributed by atoms with van der Waals surface area (Å²) < 4.78 is 5.26. The minimum atomic E-state index is -0.573. The molecule has 0 bridgehead atoms. The van der Waals surface area contributed by atoms with E-state index in [9.17, 15) is 4.79 Å². The maximum Gasteiger partial charge on any atom is 0.361 e. The zero-order chi connectivity index (χ0) is 13.3. The molecule has 0 aromatic carbocycles. The summed E-state index contributed by atoms with van der Waals surface area (Å²) >= 11 is 0. The van der Waals surface area contributed by atoms with Gasteiger partial charge in [0.05, 0.1) is 11.9 Å². The van der Waals surface area contributed by atoms with Crippen molar-refractivity contribution in [3.05, 3.63) is 17.5 Å². The van der Waals surface area contributed by atoms with E-state index in [0.29, 0.717) is 11.4 Å². The first-order valence-electron chi connectivity index (χ1n) is 5.53. The number of ether oxygens (including phenoxy) is 1. The fourth-order valence-corrected chi connectivity index (χ4v) is 1.46. The van der Waals surface area contributed by atoms with E-state index in [2.05, 4.69) is 25.6 Å². The molecule has 0 saturated heterocycles. The summed E-state index contributed by atoms with van der Waals surface area (Å²) in [7, 11) is 0. The molecule has 0 spiro atoms. The number of aromatic amines is 2. The molecule has 0 aliphatic heterocycles. The summed E-state index contributed by atoms with van der Waals surface area (Å²) in [6.45, 7) is 7.26. The summed E-state index contributed by atoms with van der Waals surface area (Å²) in [5.74, 6) is -0.514. The first-order chi connectivity index (χ1) is 8.38. The average molecular weight is 249 g/mol. The molecule has 2 rings (SSSR count). The highest BCUT2D eigenvalue weighted by Gasteiger charge is 2.25. The Kier molecular flexibility index (Phi) is 2.90. The number of hydrogen-bond donors (Lipinski definition) is 2. The third-order valence-corrected chi connectivity index (χ3v) is 2.21. The van der Waals surface area contributed by atoms with Gasteiger partial charge in [-0.3, -0.25) is 5.10 Å². The van der Waals surface area contributed by atoms with Gasteiger partial charge in [-0.1, -0.05) is 0 Å². The number of carbonyl (C=O) groups excluding carboxylic acids is 1. The first kappa shape index (κ1) is 12.3. The molecule has 2 aromatic heterocycles. The second-order valence-electron chi connectivity index (χ2n) is 4.95. The number of carbonyl (C=O) groups is 1. The molecule has 2 aromatic rings. The molecule has 0 fully saturated rings. The molecule has 0 saturated carbocycles. The van der Waals surface area contributed by atoms with Gasteiger partial charge in [-0.25, -0.2) is 4.79 Å². The summed E-state index contributed by atoms with van der Waals surface area (Å²) in [6, 6.07) is 0. The van der Waals surface area contributed by atoms with Crippen molar-refractivity contribution in [3.8, 4) is 11.4 Å². The number of esters is 1. The van der Waals surface area contributed by atoms with Crippen molar-refractivity contribution in [2.24, 2.45) is 0 Å². The lowest BCUT2D eigenvalue weighted by Crippen LogP contribution is -2.24. The van der Waals surface area contributed by atoms with Crippen LogP contribution in [0.25, 0.3) is 11.4 Å². The van der Waals surface area contributed by atoms with Crippen molar-refractivity contribution in [3.63, 3.8) is 0 Å². The van der Waals surface area contributed by atoms with Gasteiger partial charge in [0.2, 0.25) is 0 Å². The zero-order valence-electron chi connectivity index (χ0n) is 10.7. The van der Waals surface area contributed by atoms with Crippen molar-refractivity contribution in [1.82, 2.24) is 25.6 Å². The average Bonchev–Trinajstić information content (AvgIpc) is 2.82. The van der Waals surface area contributed by atoms with Gasteiger partial charge in [0.15, 0.2) is 5.69 Å². The van der Waals surface area contributed by atoms with Crippen molar-refractivity contribution in [2.75, 3.05) is 0 Å². The van der Waals surface area contributed by atoms with Gasteiger partial charge in [-0.15, -0.1) is 5.10 Å². The van der Waals surface area contributed by atoms with Crippen LogP contribution in [0.4, 0.5) is 0 Å². The maximum absolute atomic E-state index is 12.0. The third-order valence-electron chi connectivity index (χ3n) is 2.21. The second-order valence-corrected chi connectivity index (χ2v) is 4.95. The number of aryl methyl sites for hydroxylation is 1. The Balaban J connectivity index is 2.34. The largest absolute Gasteiger partial charge is 0.455 e. The summed E-state index contributed by atoms with van der Waals surface area (Å²) in [6.07, 6.45) is 1.66. The standard InChI is InChI=1S/C11H15N5O2/c1-6-5-12-13-7(6)8-9(15-16-14-8)10(17)18-11(2,3)4/h5H,1-4H3,(H,12,13)(H,14,15,16). The first-order valence-corrected chi connectivity index (χ1v) is 5.53. The molecule has 2 heterocycles. The Bertz CT molecular complexity index is 564. The van der Waals surface area contributed by atoms with Gasteiger partial charge in [-0.2, -0.15) is 15.4 Å². The van der Waals surface area contributed by atoms with Crippen LogP contribution < -0.4 is 0 Å². The van der Waals surface area contributed by atoms with Crippen LogP contribution in [0, 0.1) is 6.92 Å². The highest BCUT2D eigenvalue weighted by molar-refractivity contribution is 5.93. The molecule has 0 atom stereocenters. The predicted octanol–water partition coefficient (Wildman–Crippen LogP) is 1.46. The van der Waals surface area contributed by atoms with Crippen LogP contribution >= 0.6 is 0 Å². The van der Waals surface area contributed by atoms with E-state index in [0.717, 1.165) is 5.56 Å². The molecule has 7 heteroatoms. The highest BCUT2D eigenvalue weighted by Crippen LogP contribution is 2.22. The summed E-state index contributed by atoms with van der Waals surface area (Å²) in [5.41, 5.74) is 1.53. The monoisotopic (exact) mass is 249 g/mol. The van der Waals surface area contributed by atoms with Crippen molar-refractivity contribution in [1.29, 1.82) is 0 Å². The maximum atomic E-state index is 12.0. The molecule has 0 aliphatic rings. The molecular formula is C11H15N5O2. The van der Waals surface area contributed by atoms with Gasteiger partial charge >= 0.3 is 5.97 Å². The van der Waals surface area contributed by atoms with Crippen LogP contribution in [0.15, 0.2) is 6.20 Å². The lowest BCUT2D eigenvalue weighted by Gasteiger charge is -2.18.